The molecule has 2 atom stereocenters. The molecular weight excluding hydrogens is 552 g/mol. The molecule has 0 radical (unpaired) electrons. The summed E-state index contributed by atoms with van der Waals surface area (Å²) < 4.78 is 30.8. The van der Waals surface area contributed by atoms with Crippen molar-refractivity contribution >= 4 is 27.6 Å². The van der Waals surface area contributed by atoms with Gasteiger partial charge in [-0.15, -0.1) is 0 Å². The van der Waals surface area contributed by atoms with Gasteiger partial charge in [0.2, 0.25) is 5.95 Å². The maximum Gasteiger partial charge on any atom is 0.262 e. The first kappa shape index (κ1) is 27.7. The molecule has 0 bridgehead atoms. The van der Waals surface area contributed by atoms with E-state index in [2.05, 4.69) is 36.8 Å². The van der Waals surface area contributed by atoms with Crippen LogP contribution in [-0.2, 0) is 23.6 Å². The van der Waals surface area contributed by atoms with Crippen molar-refractivity contribution in [3.05, 3.63) is 65.5 Å². The highest BCUT2D eigenvalue weighted by Gasteiger charge is 2.35. The highest BCUT2D eigenvalue weighted by Crippen LogP contribution is 2.28. The molecule has 2 N–H and O–H groups in total. The third-order valence-corrected chi connectivity index (χ3v) is 8.93. The van der Waals surface area contributed by atoms with Crippen LogP contribution in [0.15, 0.2) is 54.3 Å². The van der Waals surface area contributed by atoms with E-state index in [1.54, 1.807) is 28.7 Å². The van der Waals surface area contributed by atoms with Gasteiger partial charge >= 0.3 is 0 Å². The first-order chi connectivity index (χ1) is 19.2. The van der Waals surface area contributed by atoms with Crippen molar-refractivity contribution in [3.8, 4) is 23.0 Å². The van der Waals surface area contributed by atoms with Gasteiger partial charge in [-0.2, -0.15) is 14.7 Å². The number of aromatic nitrogens is 6. The molecule has 1 aromatic carbocycles. The van der Waals surface area contributed by atoms with E-state index in [0.717, 1.165) is 5.56 Å². The summed E-state index contributed by atoms with van der Waals surface area (Å²) in [5, 5.41) is 21.2. The zero-order valence-corrected chi connectivity index (χ0v) is 23.9. The van der Waals surface area contributed by atoms with E-state index in [-0.39, 0.29) is 17.0 Å². The lowest BCUT2D eigenvalue weighted by Gasteiger charge is -2.36. The quantitative estimate of drug-likeness (QED) is 0.321. The third kappa shape index (κ3) is 5.57. The largest absolute Gasteiger partial charge is 0.351 e. The van der Waals surface area contributed by atoms with Crippen LogP contribution in [0.3, 0.4) is 0 Å². The minimum atomic E-state index is -3.67. The van der Waals surface area contributed by atoms with E-state index in [0.29, 0.717) is 59.5 Å². The van der Waals surface area contributed by atoms with E-state index in [4.69, 9.17) is 11.6 Å². The van der Waals surface area contributed by atoms with Crippen LogP contribution in [0.25, 0.3) is 16.9 Å². The van der Waals surface area contributed by atoms with Crippen molar-refractivity contribution in [3.63, 3.8) is 0 Å². The highest BCUT2D eigenvalue weighted by molar-refractivity contribution is 7.89. The lowest BCUT2D eigenvalue weighted by molar-refractivity contribution is 0.260. The molecule has 12 nitrogen and oxygen atoms in total. The van der Waals surface area contributed by atoms with E-state index in [9.17, 15) is 13.7 Å². The molecule has 40 heavy (non-hydrogen) atoms. The number of piperidine rings is 1. The predicted molar refractivity (Wildman–Crippen MR) is 150 cm³/mol. The molecule has 1 fully saturated rings. The van der Waals surface area contributed by atoms with Gasteiger partial charge in [0.25, 0.3) is 10.0 Å². The van der Waals surface area contributed by atoms with Crippen molar-refractivity contribution in [1.29, 1.82) is 5.26 Å². The minimum Gasteiger partial charge on any atom is -0.351 e. The molecule has 5 rings (SSSR count). The van der Waals surface area contributed by atoms with Crippen molar-refractivity contribution in [2.24, 2.45) is 13.0 Å². The fourth-order valence-electron chi connectivity index (χ4n) is 4.74. The number of rotatable bonds is 8. The molecule has 0 saturated carbocycles. The second-order valence-corrected chi connectivity index (χ2v) is 12.1. The number of imidazole rings is 1. The Balaban J connectivity index is 1.33. The van der Waals surface area contributed by atoms with Crippen LogP contribution in [0.5, 0.6) is 0 Å². The summed E-state index contributed by atoms with van der Waals surface area (Å²) in [4.78, 5) is 13.0. The van der Waals surface area contributed by atoms with Crippen molar-refractivity contribution in [2.75, 3.05) is 25.5 Å². The third-order valence-electron chi connectivity index (χ3n) is 6.87. The summed E-state index contributed by atoms with van der Waals surface area (Å²) in [7, 11) is -0.0593. The topological polar surface area (TPSA) is 147 Å². The molecule has 4 aromatic rings. The fourth-order valence-corrected chi connectivity index (χ4v) is 6.55. The van der Waals surface area contributed by atoms with Gasteiger partial charge in [0.15, 0.2) is 5.03 Å². The molecular formula is C26H29ClN10O2S. The van der Waals surface area contributed by atoms with Gasteiger partial charge < -0.3 is 15.2 Å². The average Bonchev–Trinajstić information content (AvgIpc) is 3.60. The van der Waals surface area contributed by atoms with Crippen molar-refractivity contribution in [2.45, 2.75) is 31.0 Å². The number of sulfonamides is 1. The van der Waals surface area contributed by atoms with E-state index in [1.165, 1.54) is 23.0 Å². The minimum absolute atomic E-state index is 0.0225. The van der Waals surface area contributed by atoms with Gasteiger partial charge in [-0.25, -0.2) is 28.1 Å². The average molecular weight is 581 g/mol. The Bertz CT molecular complexity index is 1680. The SMILES string of the molecule is CNCc1ccc(-n2cc(-c3nc(N[C@H]4CCN(S(=O)(=O)c5cn(C)cn5)C[C@H]4C)ncc3C#N)cn2)c(Cl)c1. The molecule has 0 amide bonds. The molecule has 208 valence electrons. The summed E-state index contributed by atoms with van der Waals surface area (Å²) in [5.41, 5.74) is 3.15. The number of hydrogen-bond donors (Lipinski definition) is 2. The number of halogens is 1. The molecule has 3 aromatic heterocycles. The lowest BCUT2D eigenvalue weighted by Crippen LogP contribution is -2.47. The normalized spacial score (nSPS) is 18.0. The summed E-state index contributed by atoms with van der Waals surface area (Å²) in [6.45, 7) is 3.35. The monoisotopic (exact) mass is 580 g/mol. The van der Waals surface area contributed by atoms with Crippen LogP contribution in [0.1, 0.15) is 24.5 Å². The number of nitrogens with zero attached hydrogens (tertiary/aromatic N) is 8. The van der Waals surface area contributed by atoms with Gasteiger partial charge in [-0.05, 0) is 37.1 Å². The Labute approximate surface area is 237 Å². The number of anilines is 1. The Morgan fingerprint density at radius 1 is 1.23 bits per heavy atom. The zero-order valence-electron chi connectivity index (χ0n) is 22.3. The van der Waals surface area contributed by atoms with Crippen LogP contribution in [0.2, 0.25) is 5.02 Å². The molecule has 14 heteroatoms. The van der Waals surface area contributed by atoms with Gasteiger partial charge in [0.05, 0.1) is 40.7 Å². The number of benzene rings is 1. The summed E-state index contributed by atoms with van der Waals surface area (Å²) >= 11 is 6.51. The number of aryl methyl sites for hydroxylation is 1. The second kappa shape index (κ2) is 11.3. The molecule has 0 unspecified atom stereocenters. The Morgan fingerprint density at radius 2 is 2.05 bits per heavy atom. The summed E-state index contributed by atoms with van der Waals surface area (Å²) in [6, 6.07) is 7.84. The number of hydrogen-bond acceptors (Lipinski definition) is 9. The van der Waals surface area contributed by atoms with Crippen molar-refractivity contribution < 1.29 is 8.42 Å². The van der Waals surface area contributed by atoms with Crippen molar-refractivity contribution in [1.82, 2.24) is 38.9 Å². The molecule has 4 heterocycles. The molecule has 0 aliphatic carbocycles. The zero-order chi connectivity index (χ0) is 28.4. The predicted octanol–water partition coefficient (Wildman–Crippen LogP) is 2.82. The van der Waals surface area contributed by atoms with Gasteiger partial charge in [0.1, 0.15) is 6.07 Å². The van der Waals surface area contributed by atoms with E-state index >= 15 is 0 Å². The smallest absolute Gasteiger partial charge is 0.262 e. The fraction of sp³-hybridized carbons (Fsp3) is 0.346. The summed E-state index contributed by atoms with van der Waals surface area (Å²) in [5.74, 6) is 0.333. The maximum absolute atomic E-state index is 13.0. The van der Waals surface area contributed by atoms with Crippen LogP contribution < -0.4 is 10.6 Å². The summed E-state index contributed by atoms with van der Waals surface area (Å²) in [6.07, 6.45) is 8.43. The Morgan fingerprint density at radius 3 is 2.73 bits per heavy atom. The first-order valence-electron chi connectivity index (χ1n) is 12.7. The Hall–Kier alpha value is -3.83. The first-order valence-corrected chi connectivity index (χ1v) is 14.5. The van der Waals surface area contributed by atoms with Crippen LogP contribution in [-0.4, -0.2) is 68.2 Å². The van der Waals surface area contributed by atoms with Crippen LogP contribution in [0, 0.1) is 17.2 Å². The van der Waals surface area contributed by atoms with E-state index < -0.39 is 10.0 Å². The molecule has 1 aliphatic rings. The highest BCUT2D eigenvalue weighted by atomic mass is 35.5. The Kier molecular flexibility index (Phi) is 7.86. The second-order valence-electron chi connectivity index (χ2n) is 9.81. The lowest BCUT2D eigenvalue weighted by atomic mass is 9.95. The number of nitrogens with one attached hydrogen (secondary N) is 2. The standard InChI is InChI=1S/C26H29ClN10O2S/c1-17-13-36(40(38,39)24-15-35(3)16-31-24)7-6-22(17)33-26-30-11-19(9-28)25(34-26)20-12-32-37(14-20)23-5-4-18(10-29-2)8-21(23)27/h4-5,8,11-12,14-17,22,29H,6-7,10,13H2,1-3H3,(H,30,33,34)/t17-,22+/m1/s1. The maximum atomic E-state index is 13.0. The van der Waals surface area contributed by atoms with Gasteiger partial charge in [-0.3, -0.25) is 0 Å². The number of nitriles is 1. The van der Waals surface area contributed by atoms with Crippen LogP contribution in [0.4, 0.5) is 5.95 Å². The molecule has 1 aliphatic heterocycles. The van der Waals surface area contributed by atoms with E-state index in [1.807, 2.05) is 32.2 Å². The van der Waals surface area contributed by atoms with Gasteiger partial charge in [0, 0.05) is 50.7 Å². The van der Waals surface area contributed by atoms with Gasteiger partial charge in [-0.1, -0.05) is 24.6 Å². The molecule has 1 saturated heterocycles. The molecule has 0 spiro atoms. The van der Waals surface area contributed by atoms with Crippen LogP contribution >= 0.6 is 11.6 Å².